The summed E-state index contributed by atoms with van der Waals surface area (Å²) in [7, 11) is 0. The van der Waals surface area contributed by atoms with Gasteiger partial charge in [0.25, 0.3) is 5.91 Å². The van der Waals surface area contributed by atoms with Gasteiger partial charge in [-0.2, -0.15) is 0 Å². The van der Waals surface area contributed by atoms with E-state index in [4.69, 9.17) is 5.73 Å². The van der Waals surface area contributed by atoms with Crippen LogP contribution < -0.4 is 11.2 Å². The van der Waals surface area contributed by atoms with Crippen molar-refractivity contribution in [2.75, 3.05) is 13.1 Å². The summed E-state index contributed by atoms with van der Waals surface area (Å²) in [5.41, 5.74) is 8.47. The lowest BCUT2D eigenvalue weighted by Crippen LogP contribution is -2.59. The number of hydrogen-bond donors (Lipinski definition) is 3. The highest BCUT2D eigenvalue weighted by Crippen LogP contribution is 2.20. The van der Waals surface area contributed by atoms with Gasteiger partial charge in [0, 0.05) is 19.4 Å². The first-order valence-electron chi connectivity index (χ1n) is 12.5. The van der Waals surface area contributed by atoms with Crippen LogP contribution >= 0.6 is 0 Å². The van der Waals surface area contributed by atoms with Crippen molar-refractivity contribution < 1.29 is 19.6 Å². The zero-order valence-corrected chi connectivity index (χ0v) is 21.3. The van der Waals surface area contributed by atoms with Crippen molar-refractivity contribution in [3.8, 4) is 0 Å². The Morgan fingerprint density at radius 1 is 1.00 bits per heavy atom. The molecule has 2 atom stereocenters. The Morgan fingerprint density at radius 3 is 2.24 bits per heavy atom. The number of hydrazine groups is 1. The van der Waals surface area contributed by atoms with E-state index in [1.54, 1.807) is 5.48 Å². The van der Waals surface area contributed by atoms with Crippen molar-refractivity contribution in [3.63, 3.8) is 0 Å². The fraction of sp³-hybridized carbons (Fsp3) is 0.654. The monoisotopic (exact) mass is 476 g/mol. The standard InChI is InChI=1S/C26H44N4O4/c1-5-21(4)19-29(24(31)15-10-18-27)30(25(32)17-16-20(2)3)23(26(33)28-34)14-9-13-22-11-7-6-8-12-22/h6-8,11-12,20-21,23,34H,5,9-10,13-19,27H2,1-4H3,(H,28,33)/t21-,23-/m0/s1. The van der Waals surface area contributed by atoms with E-state index in [1.165, 1.54) is 10.0 Å². The lowest BCUT2D eigenvalue weighted by molar-refractivity contribution is -0.176. The van der Waals surface area contributed by atoms with Crippen LogP contribution in [-0.4, -0.2) is 52.1 Å². The second-order valence-electron chi connectivity index (χ2n) is 9.42. The van der Waals surface area contributed by atoms with Crippen LogP contribution in [0.4, 0.5) is 0 Å². The van der Waals surface area contributed by atoms with Gasteiger partial charge in [-0.3, -0.25) is 24.6 Å². The van der Waals surface area contributed by atoms with Gasteiger partial charge in [0.15, 0.2) is 0 Å². The van der Waals surface area contributed by atoms with Crippen LogP contribution in [-0.2, 0) is 20.8 Å². The van der Waals surface area contributed by atoms with E-state index in [9.17, 15) is 19.6 Å². The van der Waals surface area contributed by atoms with Crippen LogP contribution in [0.3, 0.4) is 0 Å². The molecule has 0 heterocycles. The van der Waals surface area contributed by atoms with Crippen LogP contribution in [0.5, 0.6) is 0 Å². The van der Waals surface area contributed by atoms with Crippen molar-refractivity contribution in [2.24, 2.45) is 17.6 Å². The molecule has 0 radical (unpaired) electrons. The molecule has 0 saturated heterocycles. The van der Waals surface area contributed by atoms with Crippen molar-refractivity contribution >= 4 is 17.7 Å². The maximum atomic E-state index is 13.5. The molecule has 0 aliphatic carbocycles. The Hall–Kier alpha value is -2.45. The SMILES string of the molecule is CC[C@H](C)CN(C(=O)CCCN)N(C(=O)CCC(C)C)[C@@H](CCCc1ccccc1)C(=O)NO. The van der Waals surface area contributed by atoms with E-state index in [0.29, 0.717) is 44.7 Å². The Kier molecular flexibility index (Phi) is 14.1. The van der Waals surface area contributed by atoms with Gasteiger partial charge in [-0.05, 0) is 56.0 Å². The molecule has 0 saturated carbocycles. The van der Waals surface area contributed by atoms with Crippen LogP contribution in [0.2, 0.25) is 0 Å². The Bertz CT molecular complexity index is 742. The van der Waals surface area contributed by atoms with Crippen molar-refractivity contribution in [1.29, 1.82) is 0 Å². The first-order valence-corrected chi connectivity index (χ1v) is 12.5. The highest BCUT2D eigenvalue weighted by atomic mass is 16.5. The summed E-state index contributed by atoms with van der Waals surface area (Å²) in [5, 5.41) is 12.3. The number of carbonyl (C=O) groups excluding carboxylic acids is 3. The lowest BCUT2D eigenvalue weighted by atomic mass is 10.0. The van der Waals surface area contributed by atoms with Crippen molar-refractivity contribution in [2.45, 2.75) is 85.1 Å². The minimum absolute atomic E-state index is 0.129. The predicted molar refractivity (Wildman–Crippen MR) is 133 cm³/mol. The summed E-state index contributed by atoms with van der Waals surface area (Å²) >= 11 is 0. The number of rotatable bonds is 15. The van der Waals surface area contributed by atoms with Crippen LogP contribution in [0, 0.1) is 11.8 Å². The van der Waals surface area contributed by atoms with Gasteiger partial charge >= 0.3 is 0 Å². The van der Waals surface area contributed by atoms with Gasteiger partial charge in [0.1, 0.15) is 6.04 Å². The predicted octanol–water partition coefficient (Wildman–Crippen LogP) is 3.68. The Balaban J connectivity index is 3.28. The van der Waals surface area contributed by atoms with Crippen LogP contribution in [0.1, 0.15) is 78.2 Å². The highest BCUT2D eigenvalue weighted by molar-refractivity contribution is 5.89. The van der Waals surface area contributed by atoms with Crippen molar-refractivity contribution in [1.82, 2.24) is 15.5 Å². The maximum absolute atomic E-state index is 13.5. The third-order valence-corrected chi connectivity index (χ3v) is 6.01. The number of hydroxylamine groups is 1. The summed E-state index contributed by atoms with van der Waals surface area (Å²) < 4.78 is 0. The van der Waals surface area contributed by atoms with Crippen molar-refractivity contribution in [3.05, 3.63) is 35.9 Å². The number of hydrogen-bond acceptors (Lipinski definition) is 5. The molecule has 192 valence electrons. The third-order valence-electron chi connectivity index (χ3n) is 6.01. The molecule has 0 aromatic heterocycles. The second-order valence-corrected chi connectivity index (χ2v) is 9.42. The second kappa shape index (κ2) is 16.2. The van der Waals surface area contributed by atoms with E-state index in [-0.39, 0.29) is 30.6 Å². The first-order chi connectivity index (χ1) is 16.2. The molecule has 1 aromatic rings. The number of benzene rings is 1. The van der Waals surface area contributed by atoms with E-state index in [1.807, 2.05) is 58.0 Å². The number of nitrogens with two attached hydrogens (primary N) is 1. The molecule has 0 aliphatic heterocycles. The molecule has 0 aliphatic rings. The Labute approximate surface area is 204 Å². The van der Waals surface area contributed by atoms with E-state index in [2.05, 4.69) is 0 Å². The molecular formula is C26H44N4O4. The average Bonchev–Trinajstić information content (AvgIpc) is 2.84. The molecule has 0 fully saturated rings. The smallest absolute Gasteiger partial charge is 0.268 e. The summed E-state index contributed by atoms with van der Waals surface area (Å²) in [6.07, 6.45) is 4.01. The van der Waals surface area contributed by atoms with E-state index < -0.39 is 11.9 Å². The fourth-order valence-corrected chi connectivity index (χ4v) is 3.70. The fourth-order valence-electron chi connectivity index (χ4n) is 3.70. The average molecular weight is 477 g/mol. The van der Waals surface area contributed by atoms with Crippen LogP contribution in [0.25, 0.3) is 0 Å². The zero-order chi connectivity index (χ0) is 25.5. The van der Waals surface area contributed by atoms with Gasteiger partial charge in [0.2, 0.25) is 11.8 Å². The molecule has 8 heteroatoms. The summed E-state index contributed by atoms with van der Waals surface area (Å²) in [6.45, 7) is 8.77. The summed E-state index contributed by atoms with van der Waals surface area (Å²) in [4.78, 5) is 39.5. The summed E-state index contributed by atoms with van der Waals surface area (Å²) in [5.74, 6) is -0.782. The molecule has 0 unspecified atom stereocenters. The molecule has 0 bridgehead atoms. The van der Waals surface area contributed by atoms with E-state index in [0.717, 1.165) is 18.4 Å². The molecule has 1 rings (SSSR count). The minimum Gasteiger partial charge on any atom is -0.330 e. The van der Waals surface area contributed by atoms with Gasteiger partial charge < -0.3 is 5.73 Å². The number of nitrogens with zero attached hydrogens (tertiary/aromatic N) is 2. The van der Waals surface area contributed by atoms with Crippen LogP contribution in [0.15, 0.2) is 30.3 Å². The van der Waals surface area contributed by atoms with Gasteiger partial charge in [0.05, 0.1) is 0 Å². The highest BCUT2D eigenvalue weighted by Gasteiger charge is 2.36. The molecule has 34 heavy (non-hydrogen) atoms. The third kappa shape index (κ3) is 10.2. The molecule has 0 spiro atoms. The Morgan fingerprint density at radius 2 is 1.68 bits per heavy atom. The number of carbonyl (C=O) groups is 3. The zero-order valence-electron chi connectivity index (χ0n) is 21.3. The molecular weight excluding hydrogens is 432 g/mol. The number of aryl methyl sites for hydroxylation is 1. The quantitative estimate of drug-likeness (QED) is 0.264. The molecule has 3 amide bonds. The largest absolute Gasteiger partial charge is 0.330 e. The van der Waals surface area contributed by atoms with E-state index >= 15 is 0 Å². The van der Waals surface area contributed by atoms with Gasteiger partial charge in [-0.1, -0.05) is 64.4 Å². The number of nitrogens with one attached hydrogen (secondary N) is 1. The molecule has 4 N–H and O–H groups in total. The lowest BCUT2D eigenvalue weighted by Gasteiger charge is -2.41. The first kappa shape index (κ1) is 29.6. The minimum atomic E-state index is -0.987. The topological polar surface area (TPSA) is 116 Å². The molecule has 8 nitrogen and oxygen atoms in total. The number of amides is 3. The van der Waals surface area contributed by atoms with Gasteiger partial charge in [-0.15, -0.1) is 0 Å². The van der Waals surface area contributed by atoms with Gasteiger partial charge in [-0.25, -0.2) is 10.5 Å². The summed E-state index contributed by atoms with van der Waals surface area (Å²) in [6, 6.07) is 8.90. The molecule has 1 aromatic carbocycles. The normalized spacial score (nSPS) is 12.8. The maximum Gasteiger partial charge on any atom is 0.268 e.